The topological polar surface area (TPSA) is 88.0 Å². The number of aryl methyl sites for hydroxylation is 1. The average Bonchev–Trinajstić information content (AvgIpc) is 3.26. The van der Waals surface area contributed by atoms with Crippen molar-refractivity contribution in [3.05, 3.63) is 74.5 Å². The fraction of sp³-hybridized carbons (Fsp3) is 0.150. The van der Waals surface area contributed by atoms with Crippen molar-refractivity contribution in [1.82, 2.24) is 15.3 Å². The molecule has 0 aliphatic rings. The minimum absolute atomic E-state index is 0.0715. The molecule has 0 aliphatic heterocycles. The molecule has 2 heterocycles. The molecule has 1 amide bonds. The van der Waals surface area contributed by atoms with Crippen LogP contribution >= 0.6 is 11.3 Å². The van der Waals surface area contributed by atoms with Crippen molar-refractivity contribution >= 4 is 28.3 Å². The molecular formula is C20H17N3O3S. The van der Waals surface area contributed by atoms with Gasteiger partial charge in [0.2, 0.25) is 0 Å². The second-order valence-electron chi connectivity index (χ2n) is 6.17. The van der Waals surface area contributed by atoms with Crippen LogP contribution in [-0.4, -0.2) is 22.4 Å². The van der Waals surface area contributed by atoms with Crippen LogP contribution in [0.25, 0.3) is 22.4 Å². The van der Waals surface area contributed by atoms with Crippen molar-refractivity contribution < 1.29 is 9.21 Å². The average molecular weight is 379 g/mol. The molecule has 0 atom stereocenters. The Labute approximate surface area is 158 Å². The standard InChI is InChI=1S/C20H17N3O3S/c1-12-4-2-3-5-14(12)19(24)21-9-8-18-22-16(11-27-18)13-6-7-15-17(10-13)26-20(25)23-15/h2-7,10-11H,8-9H2,1H3,(H,21,24)(H,23,25). The molecule has 27 heavy (non-hydrogen) atoms. The van der Waals surface area contributed by atoms with E-state index >= 15 is 0 Å². The minimum atomic E-state index is -0.467. The number of benzene rings is 2. The number of thiazole rings is 1. The summed E-state index contributed by atoms with van der Waals surface area (Å²) in [5.41, 5.74) is 4.54. The zero-order valence-corrected chi connectivity index (χ0v) is 15.4. The number of aromatic nitrogens is 2. The molecule has 0 bridgehead atoms. The molecule has 2 N–H and O–H groups in total. The van der Waals surface area contributed by atoms with Crippen LogP contribution in [0.5, 0.6) is 0 Å². The number of oxazole rings is 1. The fourth-order valence-corrected chi connectivity index (χ4v) is 3.68. The number of hydrogen-bond acceptors (Lipinski definition) is 5. The Morgan fingerprint density at radius 2 is 2.11 bits per heavy atom. The van der Waals surface area contributed by atoms with Crippen LogP contribution in [0.2, 0.25) is 0 Å². The second kappa shape index (κ2) is 7.20. The van der Waals surface area contributed by atoms with Crippen molar-refractivity contribution in [1.29, 1.82) is 0 Å². The molecule has 0 fully saturated rings. The van der Waals surface area contributed by atoms with E-state index in [0.717, 1.165) is 21.8 Å². The summed E-state index contributed by atoms with van der Waals surface area (Å²) in [6, 6.07) is 13.0. The van der Waals surface area contributed by atoms with Crippen LogP contribution in [0.15, 0.2) is 57.1 Å². The summed E-state index contributed by atoms with van der Waals surface area (Å²) >= 11 is 1.54. The molecule has 0 saturated carbocycles. The zero-order chi connectivity index (χ0) is 18.8. The first-order valence-corrected chi connectivity index (χ1v) is 9.39. The lowest BCUT2D eigenvalue weighted by Crippen LogP contribution is -2.26. The van der Waals surface area contributed by atoms with Gasteiger partial charge in [-0.2, -0.15) is 0 Å². The van der Waals surface area contributed by atoms with Crippen molar-refractivity contribution in [2.75, 3.05) is 6.54 Å². The Balaban J connectivity index is 1.41. The predicted octanol–water partition coefficient (Wildman–Crippen LogP) is 3.53. The third kappa shape index (κ3) is 3.68. The quantitative estimate of drug-likeness (QED) is 0.555. The molecule has 2 aromatic heterocycles. The molecule has 136 valence electrons. The van der Waals surface area contributed by atoms with Crippen molar-refractivity contribution in [3.8, 4) is 11.3 Å². The summed E-state index contributed by atoms with van der Waals surface area (Å²) in [4.78, 5) is 30.7. The highest BCUT2D eigenvalue weighted by Crippen LogP contribution is 2.25. The van der Waals surface area contributed by atoms with E-state index < -0.39 is 5.76 Å². The first kappa shape index (κ1) is 17.2. The summed E-state index contributed by atoms with van der Waals surface area (Å²) in [5, 5.41) is 5.84. The number of hydrogen-bond donors (Lipinski definition) is 2. The zero-order valence-electron chi connectivity index (χ0n) is 14.6. The Kier molecular flexibility index (Phi) is 4.60. The van der Waals surface area contributed by atoms with E-state index in [4.69, 9.17) is 4.42 Å². The van der Waals surface area contributed by atoms with E-state index in [1.807, 2.05) is 42.6 Å². The van der Waals surface area contributed by atoms with Gasteiger partial charge in [-0.05, 0) is 30.7 Å². The SMILES string of the molecule is Cc1ccccc1C(=O)NCCc1nc(-c2ccc3[nH]c(=O)oc3c2)cs1. The number of aromatic amines is 1. The van der Waals surface area contributed by atoms with Gasteiger partial charge in [0.1, 0.15) is 0 Å². The second-order valence-corrected chi connectivity index (χ2v) is 7.12. The number of carbonyl (C=O) groups is 1. The molecule has 0 aliphatic carbocycles. The molecule has 0 unspecified atom stereocenters. The number of amides is 1. The van der Waals surface area contributed by atoms with Gasteiger partial charge in [-0.1, -0.05) is 24.3 Å². The van der Waals surface area contributed by atoms with Gasteiger partial charge in [-0.3, -0.25) is 9.78 Å². The van der Waals surface area contributed by atoms with Gasteiger partial charge in [0.15, 0.2) is 5.58 Å². The minimum Gasteiger partial charge on any atom is -0.408 e. The number of rotatable bonds is 5. The molecule has 4 rings (SSSR count). The molecule has 0 radical (unpaired) electrons. The Hall–Kier alpha value is -3.19. The highest BCUT2D eigenvalue weighted by atomic mass is 32.1. The largest absolute Gasteiger partial charge is 0.417 e. The van der Waals surface area contributed by atoms with Crippen molar-refractivity contribution in [2.24, 2.45) is 0 Å². The number of carbonyl (C=O) groups excluding carboxylic acids is 1. The van der Waals surface area contributed by atoms with Gasteiger partial charge in [0, 0.05) is 29.5 Å². The summed E-state index contributed by atoms with van der Waals surface area (Å²) in [6.07, 6.45) is 0.657. The lowest BCUT2D eigenvalue weighted by molar-refractivity contribution is 0.0953. The van der Waals surface area contributed by atoms with E-state index in [1.54, 1.807) is 23.5 Å². The van der Waals surface area contributed by atoms with Crippen molar-refractivity contribution in [3.63, 3.8) is 0 Å². The fourth-order valence-electron chi connectivity index (χ4n) is 2.87. The first-order chi connectivity index (χ1) is 13.1. The van der Waals surface area contributed by atoms with Crippen LogP contribution < -0.4 is 11.1 Å². The van der Waals surface area contributed by atoms with Gasteiger partial charge in [-0.15, -0.1) is 11.3 Å². The lowest BCUT2D eigenvalue weighted by Gasteiger charge is -2.06. The maximum atomic E-state index is 12.2. The number of H-pyrrole nitrogens is 1. The van der Waals surface area contributed by atoms with Gasteiger partial charge in [0.25, 0.3) is 5.91 Å². The van der Waals surface area contributed by atoms with Crippen LogP contribution in [-0.2, 0) is 6.42 Å². The van der Waals surface area contributed by atoms with Gasteiger partial charge >= 0.3 is 5.76 Å². The van der Waals surface area contributed by atoms with Crippen LogP contribution in [0.1, 0.15) is 20.9 Å². The molecule has 7 heteroatoms. The highest BCUT2D eigenvalue weighted by molar-refractivity contribution is 7.09. The molecule has 0 saturated heterocycles. The number of nitrogens with one attached hydrogen (secondary N) is 2. The van der Waals surface area contributed by atoms with E-state index in [9.17, 15) is 9.59 Å². The van der Waals surface area contributed by atoms with Crippen molar-refractivity contribution in [2.45, 2.75) is 13.3 Å². The van der Waals surface area contributed by atoms with E-state index in [0.29, 0.717) is 29.6 Å². The lowest BCUT2D eigenvalue weighted by atomic mass is 10.1. The maximum absolute atomic E-state index is 12.2. The molecule has 2 aromatic carbocycles. The van der Waals surface area contributed by atoms with Gasteiger partial charge in [0.05, 0.1) is 16.2 Å². The molecule has 4 aromatic rings. The Bertz CT molecular complexity index is 1170. The van der Waals surface area contributed by atoms with E-state index in [1.165, 1.54) is 0 Å². The Morgan fingerprint density at radius 3 is 2.96 bits per heavy atom. The summed E-state index contributed by atoms with van der Waals surface area (Å²) in [7, 11) is 0. The van der Waals surface area contributed by atoms with Gasteiger partial charge in [-0.25, -0.2) is 9.78 Å². The summed E-state index contributed by atoms with van der Waals surface area (Å²) < 4.78 is 5.10. The maximum Gasteiger partial charge on any atom is 0.417 e. The third-order valence-electron chi connectivity index (χ3n) is 4.28. The Morgan fingerprint density at radius 1 is 1.26 bits per heavy atom. The molecule has 6 nitrogen and oxygen atoms in total. The van der Waals surface area contributed by atoms with Crippen LogP contribution in [0.4, 0.5) is 0 Å². The number of nitrogens with zero attached hydrogens (tertiary/aromatic N) is 1. The number of fused-ring (bicyclic) bond motifs is 1. The van der Waals surface area contributed by atoms with Gasteiger partial charge < -0.3 is 9.73 Å². The normalized spacial score (nSPS) is 11.0. The molecular weight excluding hydrogens is 362 g/mol. The molecule has 0 spiro atoms. The predicted molar refractivity (Wildman–Crippen MR) is 105 cm³/mol. The first-order valence-electron chi connectivity index (χ1n) is 8.51. The third-order valence-corrected chi connectivity index (χ3v) is 5.19. The van der Waals surface area contributed by atoms with E-state index in [-0.39, 0.29) is 5.91 Å². The van der Waals surface area contributed by atoms with E-state index in [2.05, 4.69) is 15.3 Å². The van der Waals surface area contributed by atoms with Crippen LogP contribution in [0.3, 0.4) is 0 Å². The highest BCUT2D eigenvalue weighted by Gasteiger charge is 2.10. The van der Waals surface area contributed by atoms with Crippen LogP contribution in [0, 0.1) is 6.92 Å². The summed E-state index contributed by atoms with van der Waals surface area (Å²) in [6.45, 7) is 2.44. The smallest absolute Gasteiger partial charge is 0.408 e. The monoisotopic (exact) mass is 379 g/mol. The summed E-state index contributed by atoms with van der Waals surface area (Å²) in [5.74, 6) is -0.539.